The zero-order valence-electron chi connectivity index (χ0n) is 15.5. The lowest BCUT2D eigenvalue weighted by Gasteiger charge is -2.34. The Kier molecular flexibility index (Phi) is 7.25. The summed E-state index contributed by atoms with van der Waals surface area (Å²) in [5.74, 6) is 0.908. The second-order valence-corrected chi connectivity index (χ2v) is 6.65. The molecule has 0 atom stereocenters. The van der Waals surface area contributed by atoms with Crippen molar-refractivity contribution in [1.82, 2.24) is 15.1 Å². The van der Waals surface area contributed by atoms with Crippen LogP contribution in [0.25, 0.3) is 0 Å². The maximum absolute atomic E-state index is 12.2. The minimum Gasteiger partial charge on any atom is -0.491 e. The number of amides is 2. The normalized spacial score (nSPS) is 15.3. The highest BCUT2D eigenvalue weighted by Gasteiger charge is 2.18. The van der Waals surface area contributed by atoms with Crippen molar-refractivity contribution >= 4 is 11.8 Å². The van der Waals surface area contributed by atoms with Crippen LogP contribution in [0.4, 0.5) is 0 Å². The minimum absolute atomic E-state index is 0.00202. The van der Waals surface area contributed by atoms with Crippen LogP contribution in [0.15, 0.2) is 24.3 Å². The van der Waals surface area contributed by atoms with Crippen LogP contribution in [-0.4, -0.2) is 67.0 Å². The van der Waals surface area contributed by atoms with Crippen LogP contribution in [0, 0.1) is 0 Å². The van der Waals surface area contributed by atoms with Gasteiger partial charge >= 0.3 is 0 Å². The summed E-state index contributed by atoms with van der Waals surface area (Å²) in [6.07, 6.45) is 0.402. The van der Waals surface area contributed by atoms with E-state index in [-0.39, 0.29) is 17.9 Å². The number of piperazine rings is 1. The molecule has 2 amide bonds. The third kappa shape index (κ3) is 6.38. The first-order valence-electron chi connectivity index (χ1n) is 8.95. The molecule has 1 aliphatic heterocycles. The van der Waals surface area contributed by atoms with Crippen molar-refractivity contribution < 1.29 is 14.3 Å². The van der Waals surface area contributed by atoms with E-state index in [9.17, 15) is 9.59 Å². The first kappa shape index (κ1) is 19.2. The van der Waals surface area contributed by atoms with Gasteiger partial charge in [-0.1, -0.05) is 18.2 Å². The van der Waals surface area contributed by atoms with E-state index in [1.165, 1.54) is 0 Å². The van der Waals surface area contributed by atoms with E-state index in [0.29, 0.717) is 13.0 Å². The fourth-order valence-electron chi connectivity index (χ4n) is 2.89. The molecule has 1 aromatic carbocycles. The van der Waals surface area contributed by atoms with Gasteiger partial charge in [0.05, 0.1) is 12.5 Å². The Morgan fingerprint density at radius 1 is 1.16 bits per heavy atom. The molecule has 0 saturated carbocycles. The first-order valence-corrected chi connectivity index (χ1v) is 8.95. The van der Waals surface area contributed by atoms with E-state index >= 15 is 0 Å². The maximum Gasteiger partial charge on any atom is 0.224 e. The number of ether oxygens (including phenoxy) is 1. The molecule has 6 nitrogen and oxygen atoms in total. The SMILES string of the molecule is CC(=O)N1CCN(CCNC(=O)Cc2ccccc2OC(C)C)CC1. The third-order valence-corrected chi connectivity index (χ3v) is 4.25. The van der Waals surface area contributed by atoms with Gasteiger partial charge in [0.2, 0.25) is 11.8 Å². The Bertz CT molecular complexity index is 581. The summed E-state index contributed by atoms with van der Waals surface area (Å²) in [5, 5.41) is 2.98. The van der Waals surface area contributed by atoms with E-state index < -0.39 is 0 Å². The van der Waals surface area contributed by atoms with Crippen molar-refractivity contribution in [3.8, 4) is 5.75 Å². The van der Waals surface area contributed by atoms with Crippen LogP contribution < -0.4 is 10.1 Å². The zero-order chi connectivity index (χ0) is 18.2. The van der Waals surface area contributed by atoms with Crippen molar-refractivity contribution in [3.63, 3.8) is 0 Å². The van der Waals surface area contributed by atoms with Crippen LogP contribution in [0.1, 0.15) is 26.3 Å². The predicted molar refractivity (Wildman–Crippen MR) is 97.6 cm³/mol. The van der Waals surface area contributed by atoms with E-state index in [4.69, 9.17) is 4.74 Å². The molecular formula is C19H29N3O3. The summed E-state index contributed by atoms with van der Waals surface area (Å²) < 4.78 is 5.75. The predicted octanol–water partition coefficient (Wildman–Crippen LogP) is 1.30. The molecule has 0 aromatic heterocycles. The number of nitrogens with one attached hydrogen (secondary N) is 1. The molecule has 2 rings (SSSR count). The van der Waals surface area contributed by atoms with Gasteiger partial charge in [-0.05, 0) is 19.9 Å². The highest BCUT2D eigenvalue weighted by molar-refractivity contribution is 5.79. The maximum atomic E-state index is 12.2. The van der Waals surface area contributed by atoms with E-state index in [1.54, 1.807) is 6.92 Å². The lowest BCUT2D eigenvalue weighted by Crippen LogP contribution is -2.49. The molecule has 1 saturated heterocycles. The molecule has 1 aromatic rings. The Morgan fingerprint density at radius 2 is 1.84 bits per heavy atom. The van der Waals surface area contributed by atoms with Gasteiger partial charge in [-0.3, -0.25) is 14.5 Å². The quantitative estimate of drug-likeness (QED) is 0.808. The van der Waals surface area contributed by atoms with Crippen LogP contribution >= 0.6 is 0 Å². The number of para-hydroxylation sites is 1. The topological polar surface area (TPSA) is 61.9 Å². The zero-order valence-corrected chi connectivity index (χ0v) is 15.5. The second-order valence-electron chi connectivity index (χ2n) is 6.65. The average Bonchev–Trinajstić information content (AvgIpc) is 2.56. The Labute approximate surface area is 150 Å². The summed E-state index contributed by atoms with van der Waals surface area (Å²) >= 11 is 0. The smallest absolute Gasteiger partial charge is 0.224 e. The molecular weight excluding hydrogens is 318 g/mol. The van der Waals surface area contributed by atoms with Crippen LogP contribution in [0.3, 0.4) is 0 Å². The van der Waals surface area contributed by atoms with Crippen molar-refractivity contribution in [2.24, 2.45) is 0 Å². The third-order valence-electron chi connectivity index (χ3n) is 4.25. The second kappa shape index (κ2) is 9.42. The molecule has 138 valence electrons. The Hall–Kier alpha value is -2.08. The molecule has 25 heavy (non-hydrogen) atoms. The van der Waals surface area contributed by atoms with Gasteiger partial charge in [0.1, 0.15) is 5.75 Å². The molecule has 1 N–H and O–H groups in total. The van der Waals surface area contributed by atoms with Gasteiger partial charge in [0.25, 0.3) is 0 Å². The highest BCUT2D eigenvalue weighted by Crippen LogP contribution is 2.19. The molecule has 0 radical (unpaired) electrons. The summed E-state index contributed by atoms with van der Waals surface area (Å²) in [7, 11) is 0. The van der Waals surface area contributed by atoms with Gasteiger partial charge in [0, 0.05) is 51.8 Å². The van der Waals surface area contributed by atoms with Gasteiger partial charge in [0.15, 0.2) is 0 Å². The number of rotatable bonds is 7. The van der Waals surface area contributed by atoms with Crippen molar-refractivity contribution in [3.05, 3.63) is 29.8 Å². The Morgan fingerprint density at radius 3 is 2.48 bits per heavy atom. The van der Waals surface area contributed by atoms with E-state index in [1.807, 2.05) is 43.0 Å². The number of hydrogen-bond donors (Lipinski definition) is 1. The number of hydrogen-bond acceptors (Lipinski definition) is 4. The molecule has 1 aliphatic rings. The molecule has 1 fully saturated rings. The molecule has 0 spiro atoms. The van der Waals surface area contributed by atoms with Gasteiger partial charge in [-0.15, -0.1) is 0 Å². The van der Waals surface area contributed by atoms with E-state index in [0.717, 1.165) is 44.0 Å². The van der Waals surface area contributed by atoms with Gasteiger partial charge < -0.3 is 15.0 Å². The summed E-state index contributed by atoms with van der Waals surface area (Å²) in [6.45, 7) is 10.2. The van der Waals surface area contributed by atoms with Crippen molar-refractivity contribution in [2.75, 3.05) is 39.3 Å². The number of nitrogens with zero attached hydrogens (tertiary/aromatic N) is 2. The summed E-state index contributed by atoms with van der Waals surface area (Å²) in [6, 6.07) is 7.67. The van der Waals surface area contributed by atoms with Crippen LogP contribution in [-0.2, 0) is 16.0 Å². The summed E-state index contributed by atoms with van der Waals surface area (Å²) in [4.78, 5) is 27.6. The van der Waals surface area contributed by atoms with E-state index in [2.05, 4.69) is 10.2 Å². The molecule has 0 bridgehead atoms. The van der Waals surface area contributed by atoms with Gasteiger partial charge in [-0.2, -0.15) is 0 Å². The molecule has 0 aliphatic carbocycles. The Balaban J connectivity index is 1.72. The molecule has 1 heterocycles. The standard InChI is InChI=1S/C19H29N3O3/c1-15(2)25-18-7-5-4-6-17(18)14-19(24)20-8-9-21-10-12-22(13-11-21)16(3)23/h4-7,15H,8-14H2,1-3H3,(H,20,24). The number of carbonyl (C=O) groups excluding carboxylic acids is 2. The fourth-order valence-corrected chi connectivity index (χ4v) is 2.89. The van der Waals surface area contributed by atoms with Crippen LogP contribution in [0.2, 0.25) is 0 Å². The lowest BCUT2D eigenvalue weighted by atomic mass is 10.1. The minimum atomic E-state index is 0.00202. The lowest BCUT2D eigenvalue weighted by molar-refractivity contribution is -0.130. The fraction of sp³-hybridized carbons (Fsp3) is 0.579. The molecule has 0 unspecified atom stereocenters. The number of benzene rings is 1. The monoisotopic (exact) mass is 347 g/mol. The van der Waals surface area contributed by atoms with Crippen LogP contribution in [0.5, 0.6) is 5.75 Å². The van der Waals surface area contributed by atoms with Crippen molar-refractivity contribution in [2.45, 2.75) is 33.3 Å². The van der Waals surface area contributed by atoms with Gasteiger partial charge in [-0.25, -0.2) is 0 Å². The largest absolute Gasteiger partial charge is 0.491 e. The first-order chi connectivity index (χ1) is 12.0. The molecule has 6 heteroatoms. The average molecular weight is 347 g/mol. The van der Waals surface area contributed by atoms with Crippen molar-refractivity contribution in [1.29, 1.82) is 0 Å². The highest BCUT2D eigenvalue weighted by atomic mass is 16.5. The summed E-state index contributed by atoms with van der Waals surface area (Å²) in [5.41, 5.74) is 0.906. The number of carbonyl (C=O) groups is 2.